The van der Waals surface area contributed by atoms with Gasteiger partial charge in [0.15, 0.2) is 0 Å². The van der Waals surface area contributed by atoms with E-state index in [-0.39, 0.29) is 24.5 Å². The summed E-state index contributed by atoms with van der Waals surface area (Å²) in [4.78, 5) is 12.7. The fraction of sp³-hybridized carbons (Fsp3) is 0.154. The van der Waals surface area contributed by atoms with Crippen molar-refractivity contribution >= 4 is 43.8 Å². The molecule has 1 amide bonds. The minimum atomic E-state index is -0.519. The molecule has 0 aliphatic heterocycles. The van der Waals surface area contributed by atoms with Gasteiger partial charge in [0.1, 0.15) is 41.3 Å². The van der Waals surface area contributed by atoms with Gasteiger partial charge in [-0.2, -0.15) is 5.26 Å². The number of hydrogen-bond donors (Lipinski definition) is 1. The molecule has 0 saturated heterocycles. The van der Waals surface area contributed by atoms with E-state index in [4.69, 9.17) is 14.2 Å². The number of carbonyl (C=O) groups excluding carboxylic acids is 1. The number of carbonyl (C=O) groups is 1. The third-order valence-corrected chi connectivity index (χ3v) is 6.10. The van der Waals surface area contributed by atoms with Gasteiger partial charge >= 0.3 is 0 Å². The number of amides is 1. The van der Waals surface area contributed by atoms with Crippen molar-refractivity contribution in [2.75, 3.05) is 14.2 Å². The summed E-state index contributed by atoms with van der Waals surface area (Å²) in [5.41, 5.74) is 2.11. The molecule has 3 aromatic carbocycles. The summed E-state index contributed by atoms with van der Waals surface area (Å²) >= 11 is 6.94. The zero-order valence-electron chi connectivity index (χ0n) is 18.9. The first-order valence-corrected chi connectivity index (χ1v) is 11.9. The van der Waals surface area contributed by atoms with Crippen molar-refractivity contribution < 1.29 is 23.4 Å². The second-order valence-electron chi connectivity index (χ2n) is 7.26. The zero-order chi connectivity index (χ0) is 25.4. The molecule has 0 heterocycles. The Kier molecular flexibility index (Phi) is 9.29. The Morgan fingerprint density at radius 3 is 2.34 bits per heavy atom. The van der Waals surface area contributed by atoms with Crippen LogP contribution in [0.25, 0.3) is 6.08 Å². The van der Waals surface area contributed by atoms with E-state index in [1.54, 1.807) is 49.6 Å². The van der Waals surface area contributed by atoms with Crippen molar-refractivity contribution in [2.24, 2.45) is 0 Å². The van der Waals surface area contributed by atoms with Gasteiger partial charge in [-0.1, -0.05) is 12.1 Å². The van der Waals surface area contributed by atoms with E-state index in [2.05, 4.69) is 37.2 Å². The molecule has 0 fully saturated rings. The van der Waals surface area contributed by atoms with Gasteiger partial charge in [0.2, 0.25) is 0 Å². The van der Waals surface area contributed by atoms with Crippen LogP contribution in [0.15, 0.2) is 69.1 Å². The lowest BCUT2D eigenvalue weighted by Gasteiger charge is -2.12. The molecule has 0 aromatic heterocycles. The lowest BCUT2D eigenvalue weighted by molar-refractivity contribution is -0.117. The number of nitrogens with one attached hydrogen (secondary N) is 1. The van der Waals surface area contributed by atoms with Crippen LogP contribution >= 0.6 is 31.9 Å². The van der Waals surface area contributed by atoms with Crippen molar-refractivity contribution in [1.29, 1.82) is 5.26 Å². The van der Waals surface area contributed by atoms with Gasteiger partial charge in [-0.25, -0.2) is 4.39 Å². The van der Waals surface area contributed by atoms with E-state index in [9.17, 15) is 14.4 Å². The Bertz CT molecular complexity index is 1260. The SMILES string of the molecule is COc1ccc(CNC(=O)/C(C#N)=C/c2cc(Br)c(OCc3ccc(F)cc3)c(Br)c2)c(OC)c1. The van der Waals surface area contributed by atoms with Crippen molar-refractivity contribution in [3.05, 3.63) is 91.6 Å². The number of nitrogens with zero attached hydrogens (tertiary/aromatic N) is 1. The van der Waals surface area contributed by atoms with Crippen LogP contribution < -0.4 is 19.5 Å². The number of rotatable bonds is 9. The van der Waals surface area contributed by atoms with Crippen LogP contribution in [0, 0.1) is 17.1 Å². The van der Waals surface area contributed by atoms with Gasteiger partial charge in [0.25, 0.3) is 5.91 Å². The summed E-state index contributed by atoms with van der Waals surface area (Å²) in [6.07, 6.45) is 1.49. The molecule has 180 valence electrons. The van der Waals surface area contributed by atoms with Crippen LogP contribution in [0.3, 0.4) is 0 Å². The van der Waals surface area contributed by atoms with E-state index < -0.39 is 5.91 Å². The number of halogens is 3. The second kappa shape index (κ2) is 12.4. The number of nitriles is 1. The molecule has 1 N–H and O–H groups in total. The molecular weight excluding hydrogens is 583 g/mol. The smallest absolute Gasteiger partial charge is 0.262 e. The molecule has 0 unspecified atom stereocenters. The van der Waals surface area contributed by atoms with Crippen molar-refractivity contribution in [3.63, 3.8) is 0 Å². The first kappa shape index (κ1) is 26.3. The Labute approximate surface area is 219 Å². The Balaban J connectivity index is 1.71. The average Bonchev–Trinajstić information content (AvgIpc) is 2.86. The first-order chi connectivity index (χ1) is 16.8. The molecule has 35 heavy (non-hydrogen) atoms. The Morgan fingerprint density at radius 1 is 1.06 bits per heavy atom. The summed E-state index contributed by atoms with van der Waals surface area (Å²) in [6.45, 7) is 0.419. The van der Waals surface area contributed by atoms with Crippen LogP contribution in [-0.4, -0.2) is 20.1 Å². The molecule has 0 saturated carbocycles. The average molecular weight is 604 g/mol. The van der Waals surface area contributed by atoms with E-state index in [1.807, 2.05) is 6.07 Å². The highest BCUT2D eigenvalue weighted by Gasteiger charge is 2.14. The second-order valence-corrected chi connectivity index (χ2v) is 8.97. The maximum Gasteiger partial charge on any atom is 0.262 e. The monoisotopic (exact) mass is 602 g/mol. The summed E-state index contributed by atoms with van der Waals surface area (Å²) < 4.78 is 30.7. The minimum absolute atomic E-state index is 0.0590. The molecule has 0 aliphatic rings. The van der Waals surface area contributed by atoms with Gasteiger partial charge in [0, 0.05) is 18.2 Å². The van der Waals surface area contributed by atoms with E-state index >= 15 is 0 Å². The van der Waals surface area contributed by atoms with Gasteiger partial charge in [-0.05, 0) is 85.5 Å². The van der Waals surface area contributed by atoms with E-state index in [1.165, 1.54) is 25.3 Å². The summed E-state index contributed by atoms with van der Waals surface area (Å²) in [5, 5.41) is 12.3. The molecule has 0 radical (unpaired) electrons. The number of benzene rings is 3. The van der Waals surface area contributed by atoms with Gasteiger partial charge in [0.05, 0.1) is 23.2 Å². The van der Waals surface area contributed by atoms with Crippen molar-refractivity contribution in [2.45, 2.75) is 13.2 Å². The molecule has 0 aliphatic carbocycles. The van der Waals surface area contributed by atoms with Crippen LogP contribution in [0.1, 0.15) is 16.7 Å². The molecule has 9 heteroatoms. The van der Waals surface area contributed by atoms with Crippen LogP contribution in [0.4, 0.5) is 4.39 Å². The molecule has 0 bridgehead atoms. The summed E-state index contributed by atoms with van der Waals surface area (Å²) in [7, 11) is 3.09. The third-order valence-electron chi connectivity index (χ3n) is 4.93. The number of ether oxygens (including phenoxy) is 3. The topological polar surface area (TPSA) is 80.6 Å². The molecule has 0 atom stereocenters. The van der Waals surface area contributed by atoms with Crippen LogP contribution in [0.2, 0.25) is 0 Å². The summed E-state index contributed by atoms with van der Waals surface area (Å²) in [6, 6.07) is 16.7. The van der Waals surface area contributed by atoms with Crippen LogP contribution in [-0.2, 0) is 17.9 Å². The molecule has 3 aromatic rings. The highest BCUT2D eigenvalue weighted by atomic mass is 79.9. The molecule has 3 rings (SSSR count). The quantitative estimate of drug-likeness (QED) is 0.234. The first-order valence-electron chi connectivity index (χ1n) is 10.3. The Hall–Kier alpha value is -3.35. The molecule has 6 nitrogen and oxygen atoms in total. The number of hydrogen-bond acceptors (Lipinski definition) is 5. The van der Waals surface area contributed by atoms with Gasteiger partial charge in [-0.3, -0.25) is 4.79 Å². The lowest BCUT2D eigenvalue weighted by Crippen LogP contribution is -2.24. The maximum atomic E-state index is 13.1. The highest BCUT2D eigenvalue weighted by molar-refractivity contribution is 9.11. The molecular formula is C26H21Br2FN2O4. The van der Waals surface area contributed by atoms with E-state index in [0.717, 1.165) is 11.1 Å². The lowest BCUT2D eigenvalue weighted by atomic mass is 10.1. The third kappa shape index (κ3) is 7.07. The van der Waals surface area contributed by atoms with Crippen LogP contribution in [0.5, 0.6) is 17.2 Å². The minimum Gasteiger partial charge on any atom is -0.497 e. The van der Waals surface area contributed by atoms with E-state index in [0.29, 0.717) is 31.8 Å². The van der Waals surface area contributed by atoms with Gasteiger partial charge in [-0.15, -0.1) is 0 Å². The van der Waals surface area contributed by atoms with Crippen molar-refractivity contribution in [1.82, 2.24) is 5.32 Å². The highest BCUT2D eigenvalue weighted by Crippen LogP contribution is 2.36. The zero-order valence-corrected chi connectivity index (χ0v) is 22.1. The van der Waals surface area contributed by atoms with Gasteiger partial charge < -0.3 is 19.5 Å². The number of methoxy groups -OCH3 is 2. The predicted molar refractivity (Wildman–Crippen MR) is 138 cm³/mol. The summed E-state index contributed by atoms with van der Waals surface area (Å²) in [5.74, 6) is 0.912. The standard InChI is InChI=1S/C26H21Br2FN2O4/c1-33-21-8-5-18(24(12-21)34-2)14-31-26(32)19(13-30)9-17-10-22(27)25(23(28)11-17)35-15-16-3-6-20(29)7-4-16/h3-12H,14-15H2,1-2H3,(H,31,32)/b19-9+. The normalized spacial score (nSPS) is 10.9. The molecule has 0 spiro atoms. The predicted octanol–water partition coefficient (Wildman–Crippen LogP) is 6.17. The maximum absolute atomic E-state index is 13.1. The fourth-order valence-corrected chi connectivity index (χ4v) is 4.57. The largest absolute Gasteiger partial charge is 0.497 e. The fourth-order valence-electron chi connectivity index (χ4n) is 3.12. The Morgan fingerprint density at radius 2 is 1.74 bits per heavy atom. The van der Waals surface area contributed by atoms with Crippen molar-refractivity contribution in [3.8, 4) is 23.3 Å².